The minimum atomic E-state index is -4.29. The zero-order valence-electron chi connectivity index (χ0n) is 23.8. The minimum absolute atomic E-state index is 0. The number of azo groups is 1. The molecule has 0 aliphatic carbocycles. The Morgan fingerprint density at radius 2 is 1.79 bits per heavy atom. The van der Waals surface area contributed by atoms with E-state index < -0.39 is 21.8 Å². The first kappa shape index (κ1) is 40.3. The molecule has 0 spiro atoms. The largest absolute Gasteiger partial charge is 1.00 e. The summed E-state index contributed by atoms with van der Waals surface area (Å²) in [5.41, 5.74) is 1.07. The van der Waals surface area contributed by atoms with Gasteiger partial charge in [0.05, 0.1) is 38.0 Å². The van der Waals surface area contributed by atoms with E-state index in [1.54, 1.807) is 18.2 Å². The second kappa shape index (κ2) is 18.4. The summed E-state index contributed by atoms with van der Waals surface area (Å²) < 4.78 is 33.8. The molecule has 0 fully saturated rings. The maximum Gasteiger partial charge on any atom is 1.00 e. The molecule has 0 aliphatic heterocycles. The van der Waals surface area contributed by atoms with Crippen molar-refractivity contribution in [3.05, 3.63) is 57.7 Å². The van der Waals surface area contributed by atoms with Crippen molar-refractivity contribution in [3.63, 3.8) is 0 Å². The number of hydrogen-bond donors (Lipinski definition) is 1. The molecule has 0 saturated heterocycles. The predicted molar refractivity (Wildman–Crippen MR) is 149 cm³/mol. The number of nitrogens with zero attached hydrogens (tertiary/aromatic N) is 6. The first-order chi connectivity index (χ1) is 19.3. The zero-order valence-corrected chi connectivity index (χ0v) is 32.4. The molecule has 43 heavy (non-hydrogen) atoms. The molecule has 3 rings (SSSR count). The second-order valence-corrected chi connectivity index (χ2v) is 11.0. The number of rotatable bonds is 12. The van der Waals surface area contributed by atoms with E-state index in [0.717, 1.165) is 16.8 Å². The maximum atomic E-state index is 11.9. The van der Waals surface area contributed by atoms with Crippen LogP contribution in [-0.2, 0) is 14.9 Å². The van der Waals surface area contributed by atoms with Crippen molar-refractivity contribution in [2.24, 2.45) is 10.2 Å². The van der Waals surface area contributed by atoms with Crippen molar-refractivity contribution in [2.45, 2.75) is 26.7 Å². The number of halogens is 2. The molecular formula is C25H23Cl2K2N7O6S. The molecular weight excluding hydrogens is 675 g/mol. The van der Waals surface area contributed by atoms with E-state index in [2.05, 4.69) is 20.6 Å². The molecule has 18 heteroatoms. The van der Waals surface area contributed by atoms with E-state index in [-0.39, 0.29) is 153 Å². The van der Waals surface area contributed by atoms with Crippen molar-refractivity contribution < 1.29 is 130 Å². The van der Waals surface area contributed by atoms with Crippen LogP contribution in [0, 0.1) is 11.3 Å². The number of carbonyl (C=O) groups is 2. The summed E-state index contributed by atoms with van der Waals surface area (Å²) in [5.74, 6) is -2.36. The Morgan fingerprint density at radius 3 is 2.33 bits per heavy atom. The van der Waals surface area contributed by atoms with Crippen LogP contribution in [0.1, 0.15) is 42.6 Å². The summed E-state index contributed by atoms with van der Waals surface area (Å²) in [5, 5.41) is 35.8. The first-order valence-corrected chi connectivity index (χ1v) is 14.4. The summed E-state index contributed by atoms with van der Waals surface area (Å²) in [6.45, 7) is 4.25. The molecule has 216 valence electrons. The zero-order chi connectivity index (χ0) is 30.3. The molecule has 1 N–H and O–H groups in total. The average Bonchev–Trinajstić information content (AvgIpc) is 3.29. The fourth-order valence-electron chi connectivity index (χ4n) is 3.82. The Hall–Kier alpha value is -0.757. The molecule has 1 aromatic heterocycles. The van der Waals surface area contributed by atoms with Crippen molar-refractivity contribution >= 4 is 68.1 Å². The molecule has 3 aromatic rings. The number of hydrogen-bond acceptors (Lipinski definition) is 11. The second-order valence-electron chi connectivity index (χ2n) is 8.61. The number of nitriles is 1. The fraction of sp³-hybridized carbons (Fsp3) is 0.280. The molecule has 1 amide bonds. The van der Waals surface area contributed by atoms with Gasteiger partial charge in [0.15, 0.2) is 5.82 Å². The average molecular weight is 699 g/mol. The predicted octanol–water partition coefficient (Wildman–Crippen LogP) is -2.05. The van der Waals surface area contributed by atoms with Crippen LogP contribution in [-0.4, -0.2) is 53.5 Å². The van der Waals surface area contributed by atoms with Crippen molar-refractivity contribution in [1.29, 1.82) is 5.26 Å². The molecule has 0 unspecified atom stereocenters. The normalized spacial score (nSPS) is 10.9. The molecule has 13 nitrogen and oxygen atoms in total. The third-order valence-corrected chi connectivity index (χ3v) is 7.06. The van der Waals surface area contributed by atoms with Crippen LogP contribution < -0.4 is 118 Å². The number of unbranched alkanes of at least 4 members (excludes halogenated alkanes) is 1. The summed E-state index contributed by atoms with van der Waals surface area (Å²) >= 11 is 12.6. The standard InChI is InChI=1S/C25H25Cl2N7O6S.2K/c1-3-33(8-4-5-9-41(38,39)40)18-6-7-21(22(12-18)30-15(2)35)31-32-24-17(13-28)14-29-34(24)23-19(26)10-16(25(36)37)11-20(23)27;;/h6-7,10-12,14H,3-5,8-9H2,1-2H3,(H,30,35)(H,36,37)(H,38,39,40);;/q;2*+1/p-2. The van der Waals surface area contributed by atoms with E-state index >= 15 is 0 Å². The Balaban J connectivity index is 0.00000462. The summed E-state index contributed by atoms with van der Waals surface area (Å²) in [6.07, 6.45) is 1.89. The number of amides is 1. The van der Waals surface area contributed by atoms with Gasteiger partial charge in [-0.25, -0.2) is 13.1 Å². The van der Waals surface area contributed by atoms with Gasteiger partial charge in [-0.1, -0.05) is 23.2 Å². The number of nitrogens with one attached hydrogen (secondary N) is 1. The van der Waals surface area contributed by atoms with Crippen LogP contribution in [0.2, 0.25) is 10.0 Å². The third-order valence-electron chi connectivity index (χ3n) is 5.69. The number of aromatic carboxylic acids is 1. The summed E-state index contributed by atoms with van der Waals surface area (Å²) in [6, 6.07) is 9.17. The van der Waals surface area contributed by atoms with E-state index in [0.29, 0.717) is 30.9 Å². The molecule has 0 radical (unpaired) electrons. The SMILES string of the molecule is CCN(CCCCS(=O)(=O)[O-])c1ccc(N=Nc2c(C#N)cnn2-c2c(Cl)cc(C(=O)[O-])cc2Cl)c(NC(C)=O)c1.[K+].[K+]. The van der Waals surface area contributed by atoms with Gasteiger partial charge in [0.25, 0.3) is 0 Å². The Labute approximate surface area is 343 Å². The van der Waals surface area contributed by atoms with Crippen LogP contribution in [0.5, 0.6) is 0 Å². The number of aromatic nitrogens is 2. The van der Waals surface area contributed by atoms with Crippen LogP contribution in [0.3, 0.4) is 0 Å². The van der Waals surface area contributed by atoms with Crippen molar-refractivity contribution in [3.8, 4) is 11.8 Å². The Morgan fingerprint density at radius 1 is 1.14 bits per heavy atom. The van der Waals surface area contributed by atoms with Gasteiger partial charge in [-0.05, 0) is 50.1 Å². The van der Waals surface area contributed by atoms with Gasteiger partial charge in [0.2, 0.25) is 5.91 Å². The maximum absolute atomic E-state index is 11.9. The Bertz CT molecular complexity index is 1640. The number of carbonyl (C=O) groups excluding carboxylic acids is 2. The van der Waals surface area contributed by atoms with Gasteiger partial charge in [0, 0.05) is 37.0 Å². The monoisotopic (exact) mass is 697 g/mol. The van der Waals surface area contributed by atoms with Crippen LogP contribution in [0.4, 0.5) is 22.9 Å². The van der Waals surface area contributed by atoms with Gasteiger partial charge in [0.1, 0.15) is 23.0 Å². The van der Waals surface area contributed by atoms with E-state index in [1.807, 2.05) is 17.9 Å². The number of anilines is 2. The molecule has 0 saturated carbocycles. The van der Waals surface area contributed by atoms with Crippen molar-refractivity contribution in [1.82, 2.24) is 9.78 Å². The number of benzene rings is 2. The summed E-state index contributed by atoms with van der Waals surface area (Å²) in [7, 11) is -4.29. The van der Waals surface area contributed by atoms with Gasteiger partial charge >= 0.3 is 103 Å². The first-order valence-electron chi connectivity index (χ1n) is 12.0. The van der Waals surface area contributed by atoms with Gasteiger partial charge in [-0.2, -0.15) is 10.4 Å². The van der Waals surface area contributed by atoms with E-state index in [1.165, 1.54) is 13.1 Å². The molecule has 1 heterocycles. The van der Waals surface area contributed by atoms with Gasteiger partial charge in [-0.3, -0.25) is 4.79 Å². The van der Waals surface area contributed by atoms with Crippen molar-refractivity contribution in [2.75, 3.05) is 29.1 Å². The molecule has 0 aliphatic rings. The van der Waals surface area contributed by atoms with E-state index in [4.69, 9.17) is 23.2 Å². The van der Waals surface area contributed by atoms with Gasteiger partial charge in [-0.15, -0.1) is 10.2 Å². The topological polar surface area (TPSA) is 196 Å². The minimum Gasteiger partial charge on any atom is -0.748 e. The molecule has 2 aromatic carbocycles. The van der Waals surface area contributed by atoms with Crippen LogP contribution in [0.25, 0.3) is 5.69 Å². The summed E-state index contributed by atoms with van der Waals surface area (Å²) in [4.78, 5) is 25.1. The van der Waals surface area contributed by atoms with Gasteiger partial charge < -0.3 is 24.7 Å². The Kier molecular flexibility index (Phi) is 17.2. The van der Waals surface area contributed by atoms with E-state index in [9.17, 15) is 32.9 Å². The smallest absolute Gasteiger partial charge is 0.748 e. The van der Waals surface area contributed by atoms with Crippen LogP contribution >= 0.6 is 23.2 Å². The molecule has 0 atom stereocenters. The number of carboxylic acids is 1. The third kappa shape index (κ3) is 11.5. The quantitative estimate of drug-likeness (QED) is 0.0958. The number of carboxylic acid groups (broad SMARTS) is 1. The fourth-order valence-corrected chi connectivity index (χ4v) is 5.02. The van der Waals surface area contributed by atoms with Crippen LogP contribution in [0.15, 0.2) is 46.8 Å². The molecule has 0 bridgehead atoms.